The van der Waals surface area contributed by atoms with Crippen molar-refractivity contribution in [3.63, 3.8) is 0 Å². The van der Waals surface area contributed by atoms with Crippen LogP contribution < -0.4 is 29.7 Å². The number of alkyl halides is 4. The number of anilines is 1. The minimum atomic E-state index is -4.94. The molecule has 20 heteroatoms. The van der Waals surface area contributed by atoms with Gasteiger partial charge in [0.15, 0.2) is 5.75 Å². The molecule has 0 spiro atoms. The number of carbonyl (C=O) groups is 4. The van der Waals surface area contributed by atoms with E-state index >= 15 is 0 Å². The standard InChI is InChI=1S/C42H54F4N6O9S.3H2/c1-6-25-19-24(2)9-7-8-10-26-21-41(26,37(55)50-62(57,58)40(23-43)14-15-40)49-34(53)31-20-27(22-52(31)36(54)32(25)48-38(56)61-39(3,4)42(44,45)46)60-35-29-11-12-30-33(28(29)13-16-47-35)59-18-17-51(30)5;;;/h8,10-13,16,24-27,31-32H,6-7,9,14-15,17-23H2,1-5H3,(H,48,56)(H,49,53)(H,50,55);3*1H/b10-8-;;;/t24-,25-,26-,27-,31+,32?,41-;;;/m1.../s1. The molecule has 1 aromatic carbocycles. The lowest BCUT2D eigenvalue weighted by Gasteiger charge is -2.35. The Morgan fingerprint density at radius 1 is 1.13 bits per heavy atom. The molecule has 0 bridgehead atoms. The molecule has 1 aromatic heterocycles. The van der Waals surface area contributed by atoms with Crippen molar-refractivity contribution in [2.75, 3.05) is 38.3 Å². The summed E-state index contributed by atoms with van der Waals surface area (Å²) in [5.41, 5.74) is -3.82. The Kier molecular flexibility index (Phi) is 12.1. The lowest BCUT2D eigenvalue weighted by Crippen LogP contribution is -2.60. The number of aromatic nitrogens is 1. The molecule has 3 N–H and O–H groups in total. The molecule has 4 amide bonds. The van der Waals surface area contributed by atoms with Crippen LogP contribution in [0.25, 0.3) is 10.8 Å². The summed E-state index contributed by atoms with van der Waals surface area (Å²) >= 11 is 0. The maximum atomic E-state index is 15.0. The number of nitrogens with one attached hydrogen (secondary N) is 3. The number of carbonyl (C=O) groups excluding carboxylic acids is 4. The topological polar surface area (TPSA) is 186 Å². The number of nitrogens with zero attached hydrogens (tertiary/aromatic N) is 3. The molecule has 2 aliphatic carbocycles. The number of hydrogen-bond donors (Lipinski definition) is 3. The Labute approximate surface area is 362 Å². The van der Waals surface area contributed by atoms with Gasteiger partial charge in [0.1, 0.15) is 41.8 Å². The maximum absolute atomic E-state index is 15.0. The predicted octanol–water partition coefficient (Wildman–Crippen LogP) is 5.81. The summed E-state index contributed by atoms with van der Waals surface area (Å²) in [6, 6.07) is 2.62. The summed E-state index contributed by atoms with van der Waals surface area (Å²) in [6.07, 6.45) is -0.584. The number of rotatable bonds is 9. The monoisotopic (exact) mass is 900 g/mol. The quantitative estimate of drug-likeness (QED) is 0.204. The normalized spacial score (nSPS) is 29.4. The first-order valence-electron chi connectivity index (χ1n) is 21.1. The van der Waals surface area contributed by atoms with Crippen molar-refractivity contribution in [1.82, 2.24) is 25.2 Å². The molecule has 7 atom stereocenters. The molecule has 3 fully saturated rings. The van der Waals surface area contributed by atoms with Crippen LogP contribution in [0.5, 0.6) is 11.6 Å². The highest BCUT2D eigenvalue weighted by Crippen LogP contribution is 2.48. The van der Waals surface area contributed by atoms with Gasteiger partial charge >= 0.3 is 12.3 Å². The molecule has 5 aliphatic rings. The van der Waals surface area contributed by atoms with Crippen LogP contribution in [0.3, 0.4) is 0 Å². The molecule has 62 heavy (non-hydrogen) atoms. The summed E-state index contributed by atoms with van der Waals surface area (Å²) in [4.78, 5) is 64.6. The van der Waals surface area contributed by atoms with Crippen LogP contribution in [0, 0.1) is 17.8 Å². The van der Waals surface area contributed by atoms with E-state index in [-0.39, 0.29) is 48.3 Å². The molecule has 1 unspecified atom stereocenters. The number of allylic oxidation sites excluding steroid dienone is 1. The van der Waals surface area contributed by atoms with Gasteiger partial charge in [-0.25, -0.2) is 22.6 Å². The molecule has 4 heterocycles. The summed E-state index contributed by atoms with van der Waals surface area (Å²) in [5.74, 6) is -3.22. The highest BCUT2D eigenvalue weighted by molar-refractivity contribution is 7.91. The zero-order chi connectivity index (χ0) is 45.0. The smallest absolute Gasteiger partial charge is 0.427 e. The molecular weight excluding hydrogens is 841 g/mol. The molecule has 3 aliphatic heterocycles. The van der Waals surface area contributed by atoms with Crippen LogP contribution in [0.15, 0.2) is 36.5 Å². The van der Waals surface area contributed by atoms with Crippen molar-refractivity contribution in [3.8, 4) is 11.6 Å². The van der Waals surface area contributed by atoms with Gasteiger partial charge in [-0.05, 0) is 82.4 Å². The van der Waals surface area contributed by atoms with Gasteiger partial charge in [-0.3, -0.25) is 19.1 Å². The van der Waals surface area contributed by atoms with E-state index in [1.165, 1.54) is 11.1 Å². The number of benzene rings is 1. The zero-order valence-corrected chi connectivity index (χ0v) is 36.2. The van der Waals surface area contributed by atoms with Crippen molar-refractivity contribution >= 4 is 50.3 Å². The summed E-state index contributed by atoms with van der Waals surface area (Å²) in [7, 11) is -2.53. The van der Waals surface area contributed by atoms with E-state index in [2.05, 4.69) is 15.6 Å². The fourth-order valence-corrected chi connectivity index (χ4v) is 10.1. The molecule has 1 saturated heterocycles. The second-order valence-electron chi connectivity index (χ2n) is 17.9. The van der Waals surface area contributed by atoms with Gasteiger partial charge in [0.25, 0.3) is 5.91 Å². The lowest BCUT2D eigenvalue weighted by molar-refractivity contribution is -0.244. The van der Waals surface area contributed by atoms with Crippen molar-refractivity contribution in [2.24, 2.45) is 17.8 Å². The number of sulfonamides is 1. The highest BCUT2D eigenvalue weighted by atomic mass is 32.2. The lowest BCUT2D eigenvalue weighted by atomic mass is 9.85. The van der Waals surface area contributed by atoms with Crippen molar-refractivity contribution in [2.45, 2.75) is 119 Å². The minimum Gasteiger partial charge on any atom is -0.489 e. The van der Waals surface area contributed by atoms with E-state index in [0.717, 1.165) is 5.69 Å². The first-order valence-corrected chi connectivity index (χ1v) is 22.5. The van der Waals surface area contributed by atoms with Crippen LogP contribution in [-0.4, -0.2) is 116 Å². The highest BCUT2D eigenvalue weighted by Gasteiger charge is 2.64. The average Bonchev–Trinajstić information content (AvgIpc) is 4.11. The molecular formula is C42H60F4N6O9S. The van der Waals surface area contributed by atoms with Crippen LogP contribution >= 0.6 is 0 Å². The summed E-state index contributed by atoms with van der Waals surface area (Å²) in [6.45, 7) is 4.78. The Morgan fingerprint density at radius 2 is 1.87 bits per heavy atom. The summed E-state index contributed by atoms with van der Waals surface area (Å²) < 4.78 is 99.6. The largest absolute Gasteiger partial charge is 0.489 e. The van der Waals surface area contributed by atoms with Gasteiger partial charge in [-0.15, -0.1) is 0 Å². The van der Waals surface area contributed by atoms with Gasteiger partial charge < -0.3 is 34.6 Å². The number of fused-ring (bicyclic) bond motifs is 5. The van der Waals surface area contributed by atoms with E-state index < -0.39 is 92.6 Å². The second-order valence-corrected chi connectivity index (χ2v) is 20.0. The average molecular weight is 901 g/mol. The fourth-order valence-electron chi connectivity index (χ4n) is 8.71. The third-order valence-corrected chi connectivity index (χ3v) is 15.2. The minimum absolute atomic E-state index is 0. The van der Waals surface area contributed by atoms with Crippen LogP contribution in [0.2, 0.25) is 0 Å². The van der Waals surface area contributed by atoms with E-state index in [1.807, 2.05) is 41.8 Å². The Bertz CT molecular complexity index is 2260. The molecule has 0 radical (unpaired) electrons. The Morgan fingerprint density at radius 3 is 2.55 bits per heavy atom. The van der Waals surface area contributed by atoms with E-state index in [4.69, 9.17) is 14.2 Å². The number of pyridine rings is 1. The Hall–Kier alpha value is -4.88. The number of ether oxygens (including phenoxy) is 3. The van der Waals surface area contributed by atoms with Crippen LogP contribution in [0.1, 0.15) is 83.3 Å². The van der Waals surface area contributed by atoms with Gasteiger partial charge in [0.2, 0.25) is 33.3 Å². The number of hydrogen-bond acceptors (Lipinski definition) is 11. The first kappa shape index (κ1) is 45.2. The molecule has 7 rings (SSSR count). The van der Waals surface area contributed by atoms with Gasteiger partial charge in [-0.2, -0.15) is 13.2 Å². The number of amides is 4. The molecule has 346 valence electrons. The molecule has 15 nitrogen and oxygen atoms in total. The van der Waals surface area contributed by atoms with Crippen molar-refractivity contribution < 1.29 is 63.6 Å². The number of halogens is 4. The molecule has 2 saturated carbocycles. The number of likely N-dealkylation sites (N-methyl/N-ethyl adjacent to an activating group) is 1. The number of alkyl carbamates (subject to hydrolysis) is 1. The van der Waals surface area contributed by atoms with Crippen molar-refractivity contribution in [3.05, 3.63) is 36.5 Å². The second kappa shape index (κ2) is 16.7. The Balaban J connectivity index is 0.00000308. The maximum Gasteiger partial charge on any atom is 0.427 e. The summed E-state index contributed by atoms with van der Waals surface area (Å²) in [5, 5.41) is 6.47. The van der Waals surface area contributed by atoms with Crippen LogP contribution in [0.4, 0.5) is 28.0 Å². The van der Waals surface area contributed by atoms with Gasteiger partial charge in [-0.1, -0.05) is 32.4 Å². The van der Waals surface area contributed by atoms with Gasteiger partial charge in [0, 0.05) is 40.6 Å². The molecule has 2 aromatic rings. The SMILES string of the molecule is CC[C@@H]1C[C@H](C)CC/C=C\[C@@H]2C[C@@]2(C(=O)NS(=O)(=O)C2(CF)CC2)NC(=O)[C@@H]2C[C@@H](Oc3nccc4c5c(ccc34)N(C)CCO5)CN2C(=O)C1NC(=O)OC(C)(C)C(F)(F)F.[HH].[HH].[HH]. The van der Waals surface area contributed by atoms with Gasteiger partial charge in [0.05, 0.1) is 18.8 Å². The van der Waals surface area contributed by atoms with Crippen LogP contribution in [-0.2, 0) is 29.1 Å². The first-order chi connectivity index (χ1) is 29.2. The zero-order valence-electron chi connectivity index (χ0n) is 35.3. The van der Waals surface area contributed by atoms with E-state index in [9.17, 15) is 45.2 Å². The van der Waals surface area contributed by atoms with Crippen molar-refractivity contribution in [1.29, 1.82) is 0 Å². The van der Waals surface area contributed by atoms with E-state index in [1.54, 1.807) is 19.1 Å². The van der Waals surface area contributed by atoms with E-state index in [0.29, 0.717) is 69.2 Å². The fraction of sp³-hybridized carbons (Fsp3) is 0.643. The predicted molar refractivity (Wildman–Crippen MR) is 225 cm³/mol. The third kappa shape index (κ3) is 8.59. The third-order valence-electron chi connectivity index (χ3n) is 13.1.